The van der Waals surface area contributed by atoms with Crippen molar-refractivity contribution in [2.75, 3.05) is 0 Å². The molecule has 0 bridgehead atoms. The van der Waals surface area contributed by atoms with E-state index in [0.717, 1.165) is 24.0 Å². The molecule has 5 aromatic rings. The maximum atomic E-state index is 11.1. The van der Waals surface area contributed by atoms with Crippen LogP contribution < -0.4 is 0 Å². The van der Waals surface area contributed by atoms with Gasteiger partial charge in [-0.25, -0.2) is 0 Å². The van der Waals surface area contributed by atoms with Gasteiger partial charge in [0.25, 0.3) is 0 Å². The van der Waals surface area contributed by atoms with Gasteiger partial charge in [0, 0.05) is 12.8 Å². The van der Waals surface area contributed by atoms with Crippen LogP contribution >= 0.6 is 0 Å². The Balaban J connectivity index is 1.52. The zero-order valence-electron chi connectivity index (χ0n) is 16.2. The first-order valence-corrected chi connectivity index (χ1v) is 10.0. The maximum Gasteiger partial charge on any atom is 0.122 e. The molecule has 0 atom stereocenters. The van der Waals surface area contributed by atoms with E-state index in [1.54, 1.807) is 0 Å². The quantitative estimate of drug-likeness (QED) is 0.363. The molecular formula is C28H22O. The van der Waals surface area contributed by atoms with Gasteiger partial charge in [0.05, 0.1) is 0 Å². The van der Waals surface area contributed by atoms with E-state index < -0.39 is 0 Å². The Morgan fingerprint density at radius 1 is 0.414 bits per heavy atom. The maximum absolute atomic E-state index is 11.1. The monoisotopic (exact) mass is 374 g/mol. The first kappa shape index (κ1) is 17.5. The summed E-state index contributed by atoms with van der Waals surface area (Å²) in [4.78, 5) is 0. The van der Waals surface area contributed by atoms with E-state index in [2.05, 4.69) is 91.0 Å². The number of para-hydroxylation sites is 1. The summed E-state index contributed by atoms with van der Waals surface area (Å²) in [6, 6.07) is 35.7. The third kappa shape index (κ3) is 3.36. The van der Waals surface area contributed by atoms with Crippen molar-refractivity contribution in [3.8, 4) is 5.75 Å². The van der Waals surface area contributed by atoms with Crippen molar-refractivity contribution in [3.63, 3.8) is 0 Å². The average Bonchev–Trinajstić information content (AvgIpc) is 2.77. The van der Waals surface area contributed by atoms with Gasteiger partial charge >= 0.3 is 0 Å². The van der Waals surface area contributed by atoms with Crippen LogP contribution in [0.1, 0.15) is 22.3 Å². The van der Waals surface area contributed by atoms with Gasteiger partial charge in [0.1, 0.15) is 5.75 Å². The smallest absolute Gasteiger partial charge is 0.122 e. The molecule has 0 radical (unpaired) electrons. The minimum absolute atomic E-state index is 0.411. The van der Waals surface area contributed by atoms with Crippen molar-refractivity contribution in [2.24, 2.45) is 0 Å². The Hall–Kier alpha value is -3.58. The number of phenols is 1. The molecule has 29 heavy (non-hydrogen) atoms. The van der Waals surface area contributed by atoms with E-state index in [0.29, 0.717) is 5.75 Å². The lowest BCUT2D eigenvalue weighted by Gasteiger charge is -2.13. The van der Waals surface area contributed by atoms with Crippen molar-refractivity contribution in [1.82, 2.24) is 0 Å². The molecule has 0 amide bonds. The Labute approximate surface area is 170 Å². The van der Waals surface area contributed by atoms with Crippen LogP contribution in [0.4, 0.5) is 0 Å². The van der Waals surface area contributed by atoms with Gasteiger partial charge in [-0.3, -0.25) is 0 Å². The van der Waals surface area contributed by atoms with Gasteiger partial charge in [-0.2, -0.15) is 0 Å². The number of fused-ring (bicyclic) bond motifs is 2. The summed E-state index contributed by atoms with van der Waals surface area (Å²) in [5, 5.41) is 16.0. The van der Waals surface area contributed by atoms with Crippen LogP contribution in [0.5, 0.6) is 5.75 Å². The molecule has 0 unspecified atom stereocenters. The normalized spacial score (nSPS) is 11.2. The molecule has 5 aromatic carbocycles. The highest BCUT2D eigenvalue weighted by atomic mass is 16.3. The molecule has 0 saturated carbocycles. The summed E-state index contributed by atoms with van der Waals surface area (Å²) in [6.45, 7) is 0. The highest BCUT2D eigenvalue weighted by Crippen LogP contribution is 2.31. The second-order valence-electron chi connectivity index (χ2n) is 7.55. The summed E-state index contributed by atoms with van der Waals surface area (Å²) >= 11 is 0. The van der Waals surface area contributed by atoms with Gasteiger partial charge in [-0.15, -0.1) is 0 Å². The summed E-state index contributed by atoms with van der Waals surface area (Å²) in [5.74, 6) is 0.411. The van der Waals surface area contributed by atoms with Crippen molar-refractivity contribution in [1.29, 1.82) is 0 Å². The molecule has 1 heteroatoms. The highest BCUT2D eigenvalue weighted by molar-refractivity contribution is 5.87. The number of hydrogen-bond donors (Lipinski definition) is 1. The van der Waals surface area contributed by atoms with Gasteiger partial charge in [-0.05, 0) is 43.8 Å². The second kappa shape index (κ2) is 7.44. The largest absolute Gasteiger partial charge is 0.507 e. The topological polar surface area (TPSA) is 20.2 Å². The lowest BCUT2D eigenvalue weighted by molar-refractivity contribution is 0.463. The van der Waals surface area contributed by atoms with Gasteiger partial charge in [0.15, 0.2) is 0 Å². The van der Waals surface area contributed by atoms with Crippen LogP contribution in [0.2, 0.25) is 0 Å². The molecule has 0 aromatic heterocycles. The van der Waals surface area contributed by atoms with E-state index in [4.69, 9.17) is 0 Å². The van der Waals surface area contributed by atoms with E-state index >= 15 is 0 Å². The minimum atomic E-state index is 0.411. The molecule has 0 aliphatic carbocycles. The Bertz CT molecular complexity index is 1210. The lowest BCUT2D eigenvalue weighted by atomic mass is 9.93. The number of phenolic OH excluding ortho intramolecular Hbond substituents is 1. The standard InChI is InChI=1S/C28H22O/c29-28-24(18-22-12-5-10-20-8-1-3-16-26(20)22)14-7-15-25(28)19-23-13-6-11-21-9-2-4-17-27(21)23/h1-17,29H,18-19H2. The predicted octanol–water partition coefficient (Wildman–Crippen LogP) is 6.88. The van der Waals surface area contributed by atoms with Crippen LogP contribution in [0.15, 0.2) is 103 Å². The van der Waals surface area contributed by atoms with Crippen molar-refractivity contribution in [3.05, 3.63) is 125 Å². The Morgan fingerprint density at radius 2 is 0.793 bits per heavy atom. The molecule has 140 valence electrons. The minimum Gasteiger partial charge on any atom is -0.507 e. The summed E-state index contributed by atoms with van der Waals surface area (Å²) < 4.78 is 0. The molecule has 0 spiro atoms. The van der Waals surface area contributed by atoms with Crippen LogP contribution in [0, 0.1) is 0 Å². The molecule has 1 N–H and O–H groups in total. The fraction of sp³-hybridized carbons (Fsp3) is 0.0714. The van der Waals surface area contributed by atoms with Gasteiger partial charge < -0.3 is 5.11 Å². The first-order chi connectivity index (χ1) is 14.3. The molecular weight excluding hydrogens is 352 g/mol. The molecule has 0 fully saturated rings. The summed E-state index contributed by atoms with van der Waals surface area (Å²) in [7, 11) is 0. The fourth-order valence-electron chi connectivity index (χ4n) is 4.23. The van der Waals surface area contributed by atoms with E-state index in [-0.39, 0.29) is 0 Å². The fourth-order valence-corrected chi connectivity index (χ4v) is 4.23. The van der Waals surface area contributed by atoms with Crippen molar-refractivity contribution in [2.45, 2.75) is 12.8 Å². The number of benzene rings is 5. The Kier molecular flexibility index (Phi) is 4.50. The molecule has 1 nitrogen and oxygen atoms in total. The number of aromatic hydroxyl groups is 1. The molecule has 0 aliphatic rings. The summed E-state index contributed by atoms with van der Waals surface area (Å²) in [6.07, 6.45) is 1.44. The number of hydrogen-bond acceptors (Lipinski definition) is 1. The first-order valence-electron chi connectivity index (χ1n) is 10.0. The predicted molar refractivity (Wildman–Crippen MR) is 122 cm³/mol. The molecule has 0 heterocycles. The van der Waals surface area contributed by atoms with Crippen molar-refractivity contribution >= 4 is 21.5 Å². The molecule has 0 aliphatic heterocycles. The second-order valence-corrected chi connectivity index (χ2v) is 7.55. The van der Waals surface area contributed by atoms with Gasteiger partial charge in [-0.1, -0.05) is 103 Å². The van der Waals surface area contributed by atoms with Crippen LogP contribution in [-0.2, 0) is 12.8 Å². The van der Waals surface area contributed by atoms with E-state index in [1.165, 1.54) is 32.7 Å². The van der Waals surface area contributed by atoms with E-state index in [9.17, 15) is 5.11 Å². The zero-order chi connectivity index (χ0) is 19.6. The SMILES string of the molecule is Oc1c(Cc2cccc3ccccc23)cccc1Cc1cccc2ccccc12. The zero-order valence-corrected chi connectivity index (χ0v) is 16.2. The van der Waals surface area contributed by atoms with Crippen molar-refractivity contribution < 1.29 is 5.11 Å². The third-order valence-corrected chi connectivity index (χ3v) is 5.72. The van der Waals surface area contributed by atoms with Gasteiger partial charge in [0.2, 0.25) is 0 Å². The van der Waals surface area contributed by atoms with Crippen LogP contribution in [0.3, 0.4) is 0 Å². The average molecular weight is 374 g/mol. The summed E-state index contributed by atoms with van der Waals surface area (Å²) in [5.41, 5.74) is 4.42. The number of rotatable bonds is 4. The van der Waals surface area contributed by atoms with Crippen LogP contribution in [0.25, 0.3) is 21.5 Å². The van der Waals surface area contributed by atoms with Crippen LogP contribution in [-0.4, -0.2) is 5.11 Å². The molecule has 0 saturated heterocycles. The van der Waals surface area contributed by atoms with E-state index in [1.807, 2.05) is 12.1 Å². The molecule has 5 rings (SSSR count). The highest BCUT2D eigenvalue weighted by Gasteiger charge is 2.11. The third-order valence-electron chi connectivity index (χ3n) is 5.72. The lowest BCUT2D eigenvalue weighted by Crippen LogP contribution is -1.96. The Morgan fingerprint density at radius 3 is 1.31 bits per heavy atom.